The molecule has 7 heteroatoms. The Kier molecular flexibility index (Phi) is 6.03. The number of sulfonamides is 1. The van der Waals surface area contributed by atoms with E-state index in [9.17, 15) is 13.2 Å². The molecule has 2 aromatic rings. The van der Waals surface area contributed by atoms with Crippen molar-refractivity contribution in [1.29, 1.82) is 0 Å². The SMILES string of the molecule is CC(C)COc1cccc(C(=O)Nc2ccc(NS(C)(=O)=O)cc2)c1. The summed E-state index contributed by atoms with van der Waals surface area (Å²) in [4.78, 5) is 12.3. The summed E-state index contributed by atoms with van der Waals surface area (Å²) in [5.41, 5.74) is 1.49. The lowest BCUT2D eigenvalue weighted by Crippen LogP contribution is -2.13. The Balaban J connectivity index is 2.03. The smallest absolute Gasteiger partial charge is 0.255 e. The van der Waals surface area contributed by atoms with E-state index in [4.69, 9.17) is 4.74 Å². The van der Waals surface area contributed by atoms with E-state index in [0.29, 0.717) is 35.2 Å². The summed E-state index contributed by atoms with van der Waals surface area (Å²) in [5, 5.41) is 2.77. The van der Waals surface area contributed by atoms with Crippen LogP contribution in [0.3, 0.4) is 0 Å². The van der Waals surface area contributed by atoms with E-state index in [1.54, 1.807) is 42.5 Å². The largest absolute Gasteiger partial charge is 0.493 e. The van der Waals surface area contributed by atoms with E-state index in [-0.39, 0.29) is 5.91 Å². The molecule has 0 spiro atoms. The maximum absolute atomic E-state index is 12.3. The van der Waals surface area contributed by atoms with E-state index in [1.165, 1.54) is 0 Å². The summed E-state index contributed by atoms with van der Waals surface area (Å²) in [6.45, 7) is 4.69. The zero-order valence-electron chi connectivity index (χ0n) is 14.4. The molecule has 0 aliphatic rings. The van der Waals surface area contributed by atoms with Gasteiger partial charge in [0.2, 0.25) is 10.0 Å². The van der Waals surface area contributed by atoms with Gasteiger partial charge in [0.25, 0.3) is 5.91 Å². The van der Waals surface area contributed by atoms with Crippen LogP contribution in [0.25, 0.3) is 0 Å². The molecule has 134 valence electrons. The van der Waals surface area contributed by atoms with Crippen molar-refractivity contribution in [3.63, 3.8) is 0 Å². The monoisotopic (exact) mass is 362 g/mol. The van der Waals surface area contributed by atoms with E-state index in [0.717, 1.165) is 6.26 Å². The van der Waals surface area contributed by atoms with Crippen molar-refractivity contribution in [2.45, 2.75) is 13.8 Å². The summed E-state index contributed by atoms with van der Waals surface area (Å²) < 4.78 is 30.4. The normalized spacial score (nSPS) is 11.2. The Morgan fingerprint density at radius 2 is 1.72 bits per heavy atom. The summed E-state index contributed by atoms with van der Waals surface area (Å²) in [5.74, 6) is 0.782. The van der Waals surface area contributed by atoms with Gasteiger partial charge in [-0.3, -0.25) is 9.52 Å². The van der Waals surface area contributed by atoms with Gasteiger partial charge in [0, 0.05) is 16.9 Å². The minimum Gasteiger partial charge on any atom is -0.493 e. The quantitative estimate of drug-likeness (QED) is 0.791. The van der Waals surface area contributed by atoms with Crippen LogP contribution < -0.4 is 14.8 Å². The molecule has 0 aromatic heterocycles. The number of amides is 1. The van der Waals surface area contributed by atoms with Crippen molar-refractivity contribution in [3.8, 4) is 5.75 Å². The Hall–Kier alpha value is -2.54. The number of nitrogens with one attached hydrogen (secondary N) is 2. The van der Waals surface area contributed by atoms with Crippen molar-refractivity contribution in [3.05, 3.63) is 54.1 Å². The average Bonchev–Trinajstić information content (AvgIpc) is 2.53. The second kappa shape index (κ2) is 8.02. The third-order valence-electron chi connectivity index (χ3n) is 3.13. The van der Waals surface area contributed by atoms with Gasteiger partial charge < -0.3 is 10.1 Å². The Labute approximate surface area is 148 Å². The summed E-state index contributed by atoms with van der Waals surface area (Å²) >= 11 is 0. The van der Waals surface area contributed by atoms with Gasteiger partial charge >= 0.3 is 0 Å². The number of carbonyl (C=O) groups is 1. The van der Waals surface area contributed by atoms with Crippen LogP contribution in [0.4, 0.5) is 11.4 Å². The van der Waals surface area contributed by atoms with Crippen molar-refractivity contribution >= 4 is 27.3 Å². The fraction of sp³-hybridized carbons (Fsp3) is 0.278. The minimum atomic E-state index is -3.32. The molecule has 0 unspecified atom stereocenters. The summed E-state index contributed by atoms with van der Waals surface area (Å²) in [6, 6.07) is 13.4. The van der Waals surface area contributed by atoms with Crippen LogP contribution in [0.1, 0.15) is 24.2 Å². The predicted molar refractivity (Wildman–Crippen MR) is 99.6 cm³/mol. The number of benzene rings is 2. The van der Waals surface area contributed by atoms with Crippen LogP contribution in [-0.4, -0.2) is 27.2 Å². The molecule has 0 saturated heterocycles. The van der Waals surface area contributed by atoms with E-state index < -0.39 is 10.0 Å². The standard InChI is InChI=1S/C18H22N2O4S/c1-13(2)12-24-17-6-4-5-14(11-17)18(21)19-15-7-9-16(10-8-15)20-25(3,22)23/h4-11,13,20H,12H2,1-3H3,(H,19,21). The molecule has 0 aliphatic heterocycles. The van der Waals surface area contributed by atoms with Gasteiger partial charge in [-0.2, -0.15) is 0 Å². The van der Waals surface area contributed by atoms with Crippen LogP contribution >= 0.6 is 0 Å². The van der Waals surface area contributed by atoms with Crippen LogP contribution in [0.2, 0.25) is 0 Å². The molecule has 0 saturated carbocycles. The van der Waals surface area contributed by atoms with E-state index in [2.05, 4.69) is 23.9 Å². The maximum atomic E-state index is 12.3. The first-order valence-electron chi connectivity index (χ1n) is 7.85. The third kappa shape index (κ3) is 6.46. The highest BCUT2D eigenvalue weighted by Crippen LogP contribution is 2.18. The molecular weight excluding hydrogens is 340 g/mol. The molecule has 6 nitrogen and oxygen atoms in total. The van der Waals surface area contributed by atoms with Crippen molar-refractivity contribution in [1.82, 2.24) is 0 Å². The number of carbonyl (C=O) groups excluding carboxylic acids is 1. The van der Waals surface area contributed by atoms with Crippen molar-refractivity contribution in [2.24, 2.45) is 5.92 Å². The lowest BCUT2D eigenvalue weighted by molar-refractivity contribution is 0.102. The van der Waals surface area contributed by atoms with Gasteiger partial charge in [-0.25, -0.2) is 8.42 Å². The van der Waals surface area contributed by atoms with Crippen molar-refractivity contribution < 1.29 is 17.9 Å². The highest BCUT2D eigenvalue weighted by molar-refractivity contribution is 7.92. The highest BCUT2D eigenvalue weighted by atomic mass is 32.2. The number of ether oxygens (including phenoxy) is 1. The molecule has 2 N–H and O–H groups in total. The van der Waals surface area contributed by atoms with Crippen LogP contribution in [0, 0.1) is 5.92 Å². The number of hydrogen-bond donors (Lipinski definition) is 2. The zero-order chi connectivity index (χ0) is 18.4. The molecule has 0 bridgehead atoms. The second-order valence-electron chi connectivity index (χ2n) is 6.14. The van der Waals surface area contributed by atoms with Gasteiger partial charge in [0.15, 0.2) is 0 Å². The minimum absolute atomic E-state index is 0.265. The maximum Gasteiger partial charge on any atom is 0.255 e. The van der Waals surface area contributed by atoms with Gasteiger partial charge in [-0.1, -0.05) is 19.9 Å². The van der Waals surface area contributed by atoms with Crippen LogP contribution in [0.5, 0.6) is 5.75 Å². The Morgan fingerprint density at radius 1 is 1.08 bits per heavy atom. The molecule has 1 amide bonds. The molecular formula is C18H22N2O4S. The molecule has 2 rings (SSSR count). The van der Waals surface area contributed by atoms with Gasteiger partial charge in [0.1, 0.15) is 5.75 Å². The fourth-order valence-electron chi connectivity index (χ4n) is 2.03. The Morgan fingerprint density at radius 3 is 2.32 bits per heavy atom. The molecule has 0 atom stereocenters. The van der Waals surface area contributed by atoms with Crippen LogP contribution in [0.15, 0.2) is 48.5 Å². The third-order valence-corrected chi connectivity index (χ3v) is 3.73. The molecule has 0 aliphatic carbocycles. The van der Waals surface area contributed by atoms with E-state index >= 15 is 0 Å². The number of anilines is 2. The average molecular weight is 362 g/mol. The summed E-state index contributed by atoms with van der Waals surface area (Å²) in [7, 11) is -3.32. The van der Waals surface area contributed by atoms with Crippen LogP contribution in [-0.2, 0) is 10.0 Å². The van der Waals surface area contributed by atoms with Crippen molar-refractivity contribution in [2.75, 3.05) is 22.9 Å². The van der Waals surface area contributed by atoms with E-state index in [1.807, 2.05) is 6.07 Å². The molecule has 0 fully saturated rings. The number of hydrogen-bond acceptors (Lipinski definition) is 4. The first-order valence-corrected chi connectivity index (χ1v) is 9.74. The lowest BCUT2D eigenvalue weighted by Gasteiger charge is -2.10. The molecule has 0 heterocycles. The highest BCUT2D eigenvalue weighted by Gasteiger charge is 2.08. The second-order valence-corrected chi connectivity index (χ2v) is 7.89. The Bertz CT molecular complexity index is 830. The van der Waals surface area contributed by atoms with Gasteiger partial charge in [-0.05, 0) is 48.4 Å². The first kappa shape index (κ1) is 18.8. The molecule has 2 aromatic carbocycles. The number of rotatable bonds is 7. The topological polar surface area (TPSA) is 84.5 Å². The zero-order valence-corrected chi connectivity index (χ0v) is 15.3. The molecule has 25 heavy (non-hydrogen) atoms. The lowest BCUT2D eigenvalue weighted by atomic mass is 10.2. The fourth-order valence-corrected chi connectivity index (χ4v) is 2.59. The van der Waals surface area contributed by atoms with Gasteiger partial charge in [0.05, 0.1) is 12.9 Å². The molecule has 0 radical (unpaired) electrons. The van der Waals surface area contributed by atoms with Gasteiger partial charge in [-0.15, -0.1) is 0 Å². The predicted octanol–water partition coefficient (Wildman–Crippen LogP) is 3.35. The summed E-state index contributed by atoms with van der Waals surface area (Å²) in [6.07, 6.45) is 1.08. The first-order chi connectivity index (χ1) is 11.7.